The zero-order valence-electron chi connectivity index (χ0n) is 15.6. The summed E-state index contributed by atoms with van der Waals surface area (Å²) in [7, 11) is -3.11. The molecule has 27 heavy (non-hydrogen) atoms. The molecule has 0 N–H and O–H groups in total. The fourth-order valence-electron chi connectivity index (χ4n) is 3.27. The van der Waals surface area contributed by atoms with E-state index in [1.807, 2.05) is 24.3 Å². The molecule has 1 saturated heterocycles. The van der Waals surface area contributed by atoms with E-state index in [-0.39, 0.29) is 30.0 Å². The fraction of sp³-hybridized carbons (Fsp3) is 0.450. The van der Waals surface area contributed by atoms with E-state index in [1.165, 1.54) is 5.56 Å². The molecule has 0 bridgehead atoms. The van der Waals surface area contributed by atoms with Crippen LogP contribution in [0.2, 0.25) is 0 Å². The normalized spacial score (nSPS) is 19.6. The highest BCUT2D eigenvalue weighted by Gasteiger charge is 2.37. The number of benzene rings is 1. The third-order valence-corrected chi connectivity index (χ3v) is 6.58. The van der Waals surface area contributed by atoms with E-state index in [4.69, 9.17) is 9.15 Å². The molecule has 1 aromatic heterocycles. The predicted molar refractivity (Wildman–Crippen MR) is 102 cm³/mol. The Bertz CT molecular complexity index is 858. The Morgan fingerprint density at radius 1 is 1.30 bits per heavy atom. The van der Waals surface area contributed by atoms with Crippen molar-refractivity contribution in [2.75, 3.05) is 11.5 Å². The maximum Gasteiger partial charge on any atom is 0.264 e. The third kappa shape index (κ3) is 4.91. The number of sulfone groups is 1. The summed E-state index contributed by atoms with van der Waals surface area (Å²) in [6, 6.07) is 10.8. The number of carbonyl (C=O) groups excluding carboxylic acids is 1. The van der Waals surface area contributed by atoms with Gasteiger partial charge in [0.05, 0.1) is 24.3 Å². The van der Waals surface area contributed by atoms with E-state index in [1.54, 1.807) is 30.2 Å². The van der Waals surface area contributed by atoms with E-state index in [9.17, 15) is 13.2 Å². The van der Waals surface area contributed by atoms with Crippen molar-refractivity contribution in [2.45, 2.75) is 45.4 Å². The number of nitrogens with zero attached hydrogens (tertiary/aromatic N) is 1. The molecule has 1 aromatic carbocycles. The summed E-state index contributed by atoms with van der Waals surface area (Å²) in [4.78, 5) is 14.6. The van der Waals surface area contributed by atoms with Gasteiger partial charge >= 0.3 is 0 Å². The Hall–Kier alpha value is -2.28. The first-order valence-electron chi connectivity index (χ1n) is 9.17. The van der Waals surface area contributed by atoms with Crippen molar-refractivity contribution >= 4 is 15.7 Å². The van der Waals surface area contributed by atoms with Gasteiger partial charge in [-0.2, -0.15) is 0 Å². The van der Waals surface area contributed by atoms with Crippen LogP contribution in [0.25, 0.3) is 0 Å². The first-order valence-corrected chi connectivity index (χ1v) is 11.0. The molecule has 2 aromatic rings. The van der Waals surface area contributed by atoms with Gasteiger partial charge in [-0.05, 0) is 49.6 Å². The number of carbonyl (C=O) groups is 1. The molecule has 6 nitrogen and oxygen atoms in total. The summed E-state index contributed by atoms with van der Waals surface area (Å²) in [6.07, 6.45) is 2.18. The highest BCUT2D eigenvalue weighted by molar-refractivity contribution is 7.91. The van der Waals surface area contributed by atoms with Crippen LogP contribution >= 0.6 is 0 Å². The van der Waals surface area contributed by atoms with Gasteiger partial charge in [0.2, 0.25) is 0 Å². The third-order valence-electron chi connectivity index (χ3n) is 4.83. The minimum atomic E-state index is -3.11. The number of ether oxygens (including phenoxy) is 1. The van der Waals surface area contributed by atoms with Crippen molar-refractivity contribution in [1.29, 1.82) is 0 Å². The van der Waals surface area contributed by atoms with Crippen molar-refractivity contribution in [3.63, 3.8) is 0 Å². The summed E-state index contributed by atoms with van der Waals surface area (Å²) in [6.45, 7) is 3.99. The number of amides is 1. The zero-order valence-corrected chi connectivity index (χ0v) is 16.4. The highest BCUT2D eigenvalue weighted by atomic mass is 32.2. The topological polar surface area (TPSA) is 76.8 Å². The van der Waals surface area contributed by atoms with Crippen molar-refractivity contribution in [3.05, 3.63) is 54.0 Å². The van der Waals surface area contributed by atoms with Crippen molar-refractivity contribution in [2.24, 2.45) is 0 Å². The Balaban J connectivity index is 1.74. The monoisotopic (exact) mass is 391 g/mol. The Morgan fingerprint density at radius 3 is 2.59 bits per heavy atom. The lowest BCUT2D eigenvalue weighted by molar-refractivity contribution is -0.140. The maximum atomic E-state index is 13.1. The average molecular weight is 391 g/mol. The molecule has 0 radical (unpaired) electrons. The van der Waals surface area contributed by atoms with Crippen LogP contribution in [0.3, 0.4) is 0 Å². The van der Waals surface area contributed by atoms with E-state index in [0.717, 1.165) is 6.42 Å². The molecule has 2 heterocycles. The molecule has 0 spiro atoms. The largest absolute Gasteiger partial charge is 0.481 e. The van der Waals surface area contributed by atoms with Gasteiger partial charge in [0, 0.05) is 6.04 Å². The lowest BCUT2D eigenvalue weighted by Crippen LogP contribution is -2.46. The van der Waals surface area contributed by atoms with Gasteiger partial charge in [0.1, 0.15) is 11.5 Å². The van der Waals surface area contributed by atoms with E-state index < -0.39 is 15.9 Å². The van der Waals surface area contributed by atoms with Crippen molar-refractivity contribution in [3.8, 4) is 5.75 Å². The maximum absolute atomic E-state index is 13.1. The molecule has 0 aliphatic carbocycles. The van der Waals surface area contributed by atoms with Crippen LogP contribution in [0.4, 0.5) is 0 Å². The minimum Gasteiger partial charge on any atom is -0.481 e. The second kappa shape index (κ2) is 8.17. The summed E-state index contributed by atoms with van der Waals surface area (Å²) in [5, 5.41) is 0. The molecule has 146 valence electrons. The fourth-order valence-corrected chi connectivity index (χ4v) is 5.00. The second-order valence-electron chi connectivity index (χ2n) is 6.86. The number of furan rings is 1. The first-order chi connectivity index (χ1) is 12.9. The molecule has 1 amide bonds. The zero-order chi connectivity index (χ0) is 19.4. The summed E-state index contributed by atoms with van der Waals surface area (Å²) < 4.78 is 35.0. The quantitative estimate of drug-likeness (QED) is 0.725. The average Bonchev–Trinajstić information content (AvgIpc) is 3.28. The number of rotatable bonds is 7. The molecule has 2 atom stereocenters. The molecule has 1 aliphatic heterocycles. The van der Waals surface area contributed by atoms with Gasteiger partial charge in [0.15, 0.2) is 15.9 Å². The minimum absolute atomic E-state index is 0.0165. The Morgan fingerprint density at radius 2 is 2.04 bits per heavy atom. The van der Waals surface area contributed by atoms with E-state index >= 15 is 0 Å². The van der Waals surface area contributed by atoms with Crippen LogP contribution in [0.15, 0.2) is 47.1 Å². The standard InChI is InChI=1S/C20H25NO5S/c1-3-16-6-8-18(9-7-16)26-15(2)20(22)21(13-19-5-4-11-25-19)17-10-12-27(23,24)14-17/h4-9,11,15,17H,3,10,12-14H2,1-2H3/t15-,17+/m1/s1. The lowest BCUT2D eigenvalue weighted by Gasteiger charge is -2.30. The van der Waals surface area contributed by atoms with Crippen molar-refractivity contribution < 1.29 is 22.4 Å². The number of hydrogen-bond donors (Lipinski definition) is 0. The highest BCUT2D eigenvalue weighted by Crippen LogP contribution is 2.23. The van der Waals surface area contributed by atoms with Crippen molar-refractivity contribution in [1.82, 2.24) is 4.90 Å². The van der Waals surface area contributed by atoms with Crippen LogP contribution in [0.1, 0.15) is 31.6 Å². The van der Waals surface area contributed by atoms with Crippen LogP contribution in [0, 0.1) is 0 Å². The van der Waals surface area contributed by atoms with Crippen LogP contribution < -0.4 is 4.74 Å². The van der Waals surface area contributed by atoms with E-state index in [0.29, 0.717) is 17.9 Å². The van der Waals surface area contributed by atoms with Crippen LogP contribution in [-0.4, -0.2) is 42.9 Å². The molecule has 1 fully saturated rings. The summed E-state index contributed by atoms with van der Waals surface area (Å²) in [5.74, 6) is 1.08. The number of hydrogen-bond acceptors (Lipinski definition) is 5. The Labute approximate surface area is 160 Å². The molecule has 3 rings (SSSR count). The first kappa shape index (κ1) is 19.5. The SMILES string of the molecule is CCc1ccc(O[C@H](C)C(=O)N(Cc2ccco2)[C@H]2CCS(=O)(=O)C2)cc1. The predicted octanol–water partition coefficient (Wildman–Crippen LogP) is 2.83. The van der Waals surface area contributed by atoms with Gasteiger partial charge in [-0.15, -0.1) is 0 Å². The molecule has 0 saturated carbocycles. The molecule has 1 aliphatic rings. The Kier molecular flexibility index (Phi) is 5.89. The van der Waals surface area contributed by atoms with Gasteiger partial charge in [-0.1, -0.05) is 19.1 Å². The molecule has 0 unspecified atom stereocenters. The number of aryl methyl sites for hydroxylation is 1. The smallest absolute Gasteiger partial charge is 0.264 e. The van der Waals surface area contributed by atoms with Gasteiger partial charge in [0.25, 0.3) is 5.91 Å². The second-order valence-corrected chi connectivity index (χ2v) is 9.09. The van der Waals surface area contributed by atoms with Gasteiger partial charge in [-0.3, -0.25) is 4.79 Å². The van der Waals surface area contributed by atoms with Gasteiger partial charge in [-0.25, -0.2) is 8.42 Å². The molecular formula is C20H25NO5S. The molecule has 7 heteroatoms. The van der Waals surface area contributed by atoms with E-state index in [2.05, 4.69) is 6.92 Å². The summed E-state index contributed by atoms with van der Waals surface area (Å²) in [5.41, 5.74) is 1.19. The van der Waals surface area contributed by atoms with Gasteiger partial charge < -0.3 is 14.1 Å². The summed E-state index contributed by atoms with van der Waals surface area (Å²) >= 11 is 0. The van der Waals surface area contributed by atoms with Crippen LogP contribution in [0.5, 0.6) is 5.75 Å². The van der Waals surface area contributed by atoms with Crippen LogP contribution in [-0.2, 0) is 27.6 Å². The molecular weight excluding hydrogens is 366 g/mol. The lowest BCUT2D eigenvalue weighted by atomic mass is 10.1.